The number of amides is 1. The number of halogens is 1. The average molecular weight is 613 g/mol. The van der Waals surface area contributed by atoms with Gasteiger partial charge in [0.25, 0.3) is 11.5 Å². The number of para-hydroxylation sites is 1. The lowest BCUT2D eigenvalue weighted by atomic mass is 9.99. The molecular weight excluding hydrogens is 576 g/mol. The van der Waals surface area contributed by atoms with E-state index in [1.54, 1.807) is 4.57 Å². The van der Waals surface area contributed by atoms with Crippen LogP contribution in [-0.4, -0.2) is 45.5 Å². The second-order valence-corrected chi connectivity index (χ2v) is 12.9. The van der Waals surface area contributed by atoms with Gasteiger partial charge in [0, 0.05) is 41.1 Å². The van der Waals surface area contributed by atoms with Crippen molar-refractivity contribution in [2.75, 3.05) is 13.1 Å². The molecule has 2 saturated heterocycles. The van der Waals surface area contributed by atoms with E-state index in [1.165, 1.54) is 11.3 Å². The van der Waals surface area contributed by atoms with Crippen LogP contribution < -0.4 is 10.9 Å². The number of carbonyl (C=O) groups is 1. The van der Waals surface area contributed by atoms with Crippen molar-refractivity contribution in [3.05, 3.63) is 97.2 Å². The molecule has 2 aliphatic heterocycles. The van der Waals surface area contributed by atoms with Crippen molar-refractivity contribution < 1.29 is 4.79 Å². The highest BCUT2D eigenvalue weighted by Crippen LogP contribution is 2.34. The number of nitrogens with one attached hydrogen (secondary N) is 1. The summed E-state index contributed by atoms with van der Waals surface area (Å²) >= 11 is 7.55. The molecule has 2 bridgehead atoms. The van der Waals surface area contributed by atoms with Crippen LogP contribution in [0.3, 0.4) is 0 Å². The lowest BCUT2D eigenvalue weighted by Gasteiger charge is -2.36. The van der Waals surface area contributed by atoms with E-state index in [4.69, 9.17) is 16.6 Å². The molecule has 4 heterocycles. The molecular formula is C35H37ClN4O2S. The molecule has 2 aromatic carbocycles. The van der Waals surface area contributed by atoms with Gasteiger partial charge >= 0.3 is 0 Å². The highest BCUT2D eigenvalue weighted by atomic mass is 35.5. The van der Waals surface area contributed by atoms with Crippen LogP contribution in [0.15, 0.2) is 64.3 Å². The molecule has 2 fully saturated rings. The van der Waals surface area contributed by atoms with Gasteiger partial charge in [0.1, 0.15) is 5.01 Å². The predicted molar refractivity (Wildman–Crippen MR) is 178 cm³/mol. The number of allylic oxidation sites excluding steroid dienone is 1. The quantitative estimate of drug-likeness (QED) is 0.236. The van der Waals surface area contributed by atoms with Gasteiger partial charge in [-0.25, -0.2) is 4.98 Å². The summed E-state index contributed by atoms with van der Waals surface area (Å²) in [6.45, 7) is 9.83. The number of aromatic nitrogens is 2. The monoisotopic (exact) mass is 612 g/mol. The summed E-state index contributed by atoms with van der Waals surface area (Å²) in [6, 6.07) is 15.9. The second kappa shape index (κ2) is 12.2. The van der Waals surface area contributed by atoms with Gasteiger partial charge in [-0.2, -0.15) is 0 Å². The number of fused-ring (bicyclic) bond motifs is 2. The molecule has 0 saturated carbocycles. The Morgan fingerprint density at radius 3 is 2.30 bits per heavy atom. The lowest BCUT2D eigenvalue weighted by Crippen LogP contribution is -2.54. The molecule has 1 amide bonds. The minimum atomic E-state index is -0.167. The van der Waals surface area contributed by atoms with Gasteiger partial charge in [-0.05, 0) is 74.9 Å². The van der Waals surface area contributed by atoms with Gasteiger partial charge in [0.05, 0.1) is 28.2 Å². The van der Waals surface area contributed by atoms with E-state index in [0.717, 1.165) is 72.4 Å². The Kier molecular flexibility index (Phi) is 8.40. The zero-order chi connectivity index (χ0) is 30.2. The van der Waals surface area contributed by atoms with Gasteiger partial charge in [0.2, 0.25) is 0 Å². The number of hydrogen-bond acceptors (Lipinski definition) is 5. The number of pyridine rings is 1. The first-order valence-electron chi connectivity index (χ1n) is 15.1. The average Bonchev–Trinajstić information content (AvgIpc) is 3.58. The summed E-state index contributed by atoms with van der Waals surface area (Å²) in [5.74, 6) is -0.0157. The molecule has 0 radical (unpaired) electrons. The standard InChI is InChI=1S/C35H37ClN4O2S/c1-5-22-8-7-9-23(6-2)32(22)40-31(16-21(3)4)28(34(41)39-26-14-15-27(39)19-37-18-26)17-29(35(40)42)33-38-30(20-43-33)24-10-12-25(36)13-11-24/h7-13,16-17,20,26-27,37H,5-6,14-15,18-19H2,1-4H3. The smallest absolute Gasteiger partial charge is 0.265 e. The maximum atomic E-state index is 14.7. The van der Waals surface area contributed by atoms with Crippen molar-refractivity contribution in [1.29, 1.82) is 0 Å². The topological polar surface area (TPSA) is 67.2 Å². The summed E-state index contributed by atoms with van der Waals surface area (Å²) < 4.78 is 1.81. The van der Waals surface area contributed by atoms with Crippen molar-refractivity contribution in [2.45, 2.75) is 65.5 Å². The van der Waals surface area contributed by atoms with Gasteiger partial charge in [-0.1, -0.05) is 61.4 Å². The van der Waals surface area contributed by atoms with E-state index in [0.29, 0.717) is 26.9 Å². The predicted octanol–water partition coefficient (Wildman–Crippen LogP) is 7.41. The molecule has 1 N–H and O–H groups in total. The SMILES string of the molecule is CCc1cccc(CC)c1-n1c(C=C(C)C)c(C(=O)N2C3CCC2CNC3)cc(-c2nc(-c3ccc(Cl)cc3)cs2)c1=O. The summed E-state index contributed by atoms with van der Waals surface area (Å²) in [6.07, 6.45) is 5.50. The van der Waals surface area contributed by atoms with Crippen molar-refractivity contribution in [2.24, 2.45) is 0 Å². The Morgan fingerprint density at radius 1 is 1.05 bits per heavy atom. The lowest BCUT2D eigenvalue weighted by molar-refractivity contribution is 0.0618. The van der Waals surface area contributed by atoms with Gasteiger partial charge < -0.3 is 10.2 Å². The fraction of sp³-hybridized carbons (Fsp3) is 0.343. The number of aryl methyl sites for hydroxylation is 2. The zero-order valence-electron chi connectivity index (χ0n) is 25.1. The van der Waals surface area contributed by atoms with Crippen LogP contribution in [0.2, 0.25) is 5.02 Å². The van der Waals surface area contributed by atoms with Crippen molar-refractivity contribution in [3.63, 3.8) is 0 Å². The first-order chi connectivity index (χ1) is 20.8. The van der Waals surface area contributed by atoms with E-state index in [2.05, 4.69) is 42.3 Å². The minimum absolute atomic E-state index is 0.0157. The number of nitrogens with zero attached hydrogens (tertiary/aromatic N) is 3. The molecule has 4 aromatic rings. The summed E-state index contributed by atoms with van der Waals surface area (Å²) in [5, 5.41) is 6.70. The number of rotatable bonds is 7. The Hall–Kier alpha value is -3.52. The van der Waals surface area contributed by atoms with Gasteiger partial charge in [0.15, 0.2) is 0 Å². The fourth-order valence-electron chi connectivity index (χ4n) is 6.49. The number of thiazole rings is 1. The second-order valence-electron chi connectivity index (χ2n) is 11.7. The van der Waals surface area contributed by atoms with E-state index in [-0.39, 0.29) is 23.6 Å². The van der Waals surface area contributed by atoms with E-state index in [9.17, 15) is 9.59 Å². The third-order valence-corrected chi connectivity index (χ3v) is 9.70. The van der Waals surface area contributed by atoms with E-state index >= 15 is 0 Å². The molecule has 2 atom stereocenters. The number of hydrogen-bond donors (Lipinski definition) is 1. The number of piperazine rings is 1. The van der Waals surface area contributed by atoms with Crippen molar-refractivity contribution in [1.82, 2.24) is 19.8 Å². The molecule has 222 valence electrons. The third-order valence-electron chi connectivity index (χ3n) is 8.57. The maximum Gasteiger partial charge on any atom is 0.265 e. The maximum absolute atomic E-state index is 14.7. The Labute approximate surface area is 262 Å². The van der Waals surface area contributed by atoms with Crippen LogP contribution in [0.4, 0.5) is 0 Å². The van der Waals surface area contributed by atoms with Crippen LogP contribution >= 0.6 is 22.9 Å². The van der Waals surface area contributed by atoms with E-state index in [1.807, 2.05) is 55.6 Å². The molecule has 0 spiro atoms. The summed E-state index contributed by atoms with van der Waals surface area (Å²) in [5.41, 5.74) is 7.19. The first-order valence-corrected chi connectivity index (χ1v) is 16.4. The van der Waals surface area contributed by atoms with Crippen LogP contribution in [0, 0.1) is 0 Å². The van der Waals surface area contributed by atoms with Gasteiger partial charge in [-0.3, -0.25) is 14.2 Å². The molecule has 8 heteroatoms. The van der Waals surface area contributed by atoms with E-state index < -0.39 is 0 Å². The first kappa shape index (κ1) is 29.5. The molecule has 6 nitrogen and oxygen atoms in total. The molecule has 0 aliphatic carbocycles. The Balaban J connectivity index is 1.64. The Bertz CT molecular complexity index is 1730. The highest BCUT2D eigenvalue weighted by molar-refractivity contribution is 7.13. The number of carbonyl (C=O) groups excluding carboxylic acids is 1. The van der Waals surface area contributed by atoms with Crippen LogP contribution in [0.1, 0.15) is 67.7 Å². The molecule has 2 aliphatic rings. The summed E-state index contributed by atoms with van der Waals surface area (Å²) in [4.78, 5) is 36.4. The summed E-state index contributed by atoms with van der Waals surface area (Å²) in [7, 11) is 0. The van der Waals surface area contributed by atoms with Crippen molar-refractivity contribution in [3.8, 4) is 27.5 Å². The molecule has 43 heavy (non-hydrogen) atoms. The van der Waals surface area contributed by atoms with Gasteiger partial charge in [-0.15, -0.1) is 11.3 Å². The van der Waals surface area contributed by atoms with Crippen LogP contribution in [0.25, 0.3) is 33.6 Å². The largest absolute Gasteiger partial charge is 0.330 e. The minimum Gasteiger partial charge on any atom is -0.330 e. The Morgan fingerprint density at radius 2 is 1.70 bits per heavy atom. The third kappa shape index (κ3) is 5.50. The molecule has 2 unspecified atom stereocenters. The highest BCUT2D eigenvalue weighted by Gasteiger charge is 2.41. The zero-order valence-corrected chi connectivity index (χ0v) is 26.7. The molecule has 2 aromatic heterocycles. The number of benzene rings is 2. The van der Waals surface area contributed by atoms with Crippen LogP contribution in [-0.2, 0) is 12.8 Å². The molecule has 6 rings (SSSR count). The normalized spacial score (nSPS) is 17.7. The van der Waals surface area contributed by atoms with Crippen molar-refractivity contribution >= 4 is 34.9 Å². The van der Waals surface area contributed by atoms with Crippen LogP contribution in [0.5, 0.6) is 0 Å². The fourth-order valence-corrected chi connectivity index (χ4v) is 7.46.